The summed E-state index contributed by atoms with van der Waals surface area (Å²) in [5, 5.41) is 28.9. The van der Waals surface area contributed by atoms with Crippen LogP contribution in [0.1, 0.15) is 36.5 Å². The zero-order valence-electron chi connectivity index (χ0n) is 12.5. The quantitative estimate of drug-likeness (QED) is 0.533. The van der Waals surface area contributed by atoms with Gasteiger partial charge < -0.3 is 25.1 Å². The average Bonchev–Trinajstić information content (AvgIpc) is 2.46. The molecule has 0 aromatic heterocycles. The van der Waals surface area contributed by atoms with E-state index in [1.54, 1.807) is 24.3 Å². The number of benzene rings is 2. The van der Waals surface area contributed by atoms with E-state index in [2.05, 4.69) is 0 Å². The molecule has 124 valence electrons. The molecule has 0 saturated carbocycles. The molecule has 2 unspecified atom stereocenters. The van der Waals surface area contributed by atoms with Crippen molar-refractivity contribution in [1.29, 1.82) is 0 Å². The summed E-state index contributed by atoms with van der Waals surface area (Å²) in [5.41, 5.74) is 0.892. The number of rotatable bonds is 5. The van der Waals surface area contributed by atoms with E-state index in [4.69, 9.17) is 0 Å². The maximum atomic E-state index is 11.5. The van der Waals surface area contributed by atoms with Crippen LogP contribution < -0.4 is 5.30 Å². The Balaban J connectivity index is 2.27. The molecule has 2 rings (SSSR count). The van der Waals surface area contributed by atoms with Crippen LogP contribution in [0.2, 0.25) is 0 Å². The van der Waals surface area contributed by atoms with E-state index in [1.807, 2.05) is 6.92 Å². The van der Waals surface area contributed by atoms with Gasteiger partial charge in [0.25, 0.3) is 0 Å². The minimum absolute atomic E-state index is 0.0862. The van der Waals surface area contributed by atoms with Crippen molar-refractivity contribution in [3.63, 3.8) is 0 Å². The molecule has 2 atom stereocenters. The van der Waals surface area contributed by atoms with Crippen LogP contribution >= 0.6 is 7.60 Å². The first-order valence-corrected chi connectivity index (χ1v) is 8.65. The molecule has 2 aromatic carbocycles. The molecule has 0 aliphatic rings. The zero-order chi connectivity index (χ0) is 17.2. The highest BCUT2D eigenvalue weighted by atomic mass is 31.2. The second-order valence-corrected chi connectivity index (χ2v) is 7.10. The smallest absolute Gasteiger partial charge is 0.356 e. The molecule has 0 radical (unpaired) electrons. The normalized spacial score (nSPS) is 14.4. The molecule has 7 heteroatoms. The lowest BCUT2D eigenvalue weighted by atomic mass is 9.92. The van der Waals surface area contributed by atoms with Crippen LogP contribution in [0.25, 0.3) is 0 Å². The van der Waals surface area contributed by atoms with Crippen LogP contribution in [-0.2, 0) is 4.57 Å². The van der Waals surface area contributed by atoms with Crippen LogP contribution in [0.15, 0.2) is 42.5 Å². The van der Waals surface area contributed by atoms with E-state index in [9.17, 15) is 29.7 Å². The predicted molar refractivity (Wildman–Crippen MR) is 85.9 cm³/mol. The molecule has 2 aromatic rings. The van der Waals surface area contributed by atoms with Gasteiger partial charge in [0.1, 0.15) is 11.5 Å². The first kappa shape index (κ1) is 17.5. The number of aliphatic hydroxyl groups is 1. The van der Waals surface area contributed by atoms with Gasteiger partial charge in [0.2, 0.25) is 0 Å². The minimum Gasteiger partial charge on any atom is -0.508 e. The topological polar surface area (TPSA) is 118 Å². The van der Waals surface area contributed by atoms with Gasteiger partial charge in [0.05, 0.1) is 11.4 Å². The van der Waals surface area contributed by atoms with Crippen LogP contribution in [0.3, 0.4) is 0 Å². The van der Waals surface area contributed by atoms with E-state index in [0.29, 0.717) is 0 Å². The monoisotopic (exact) mass is 338 g/mol. The minimum atomic E-state index is -4.62. The van der Waals surface area contributed by atoms with E-state index in [-0.39, 0.29) is 34.7 Å². The predicted octanol–water partition coefficient (Wildman–Crippen LogP) is 2.13. The van der Waals surface area contributed by atoms with E-state index in [0.717, 1.165) is 11.6 Å². The lowest BCUT2D eigenvalue weighted by Crippen LogP contribution is -2.16. The molecule has 0 spiro atoms. The van der Waals surface area contributed by atoms with Gasteiger partial charge in [-0.15, -0.1) is 0 Å². The summed E-state index contributed by atoms with van der Waals surface area (Å²) in [7, 11) is -4.62. The van der Waals surface area contributed by atoms with Crippen molar-refractivity contribution in [1.82, 2.24) is 0 Å². The van der Waals surface area contributed by atoms with Gasteiger partial charge in [-0.3, -0.25) is 4.57 Å². The number of aliphatic hydroxyl groups excluding tert-OH is 1. The molecule has 0 amide bonds. The molecule has 0 aliphatic carbocycles. The lowest BCUT2D eigenvalue weighted by Gasteiger charge is -2.20. The van der Waals surface area contributed by atoms with Gasteiger partial charge in [-0.1, -0.05) is 25.1 Å². The Hall–Kier alpha value is -1.85. The number of aromatic hydroxyl groups is 2. The summed E-state index contributed by atoms with van der Waals surface area (Å²) in [6.45, 7) is 1.84. The lowest BCUT2D eigenvalue weighted by molar-refractivity contribution is 0.160. The molecule has 6 nitrogen and oxygen atoms in total. The van der Waals surface area contributed by atoms with Crippen molar-refractivity contribution < 1.29 is 29.7 Å². The van der Waals surface area contributed by atoms with Crippen molar-refractivity contribution >= 4 is 12.9 Å². The van der Waals surface area contributed by atoms with Crippen molar-refractivity contribution in [2.75, 3.05) is 0 Å². The third-order valence-corrected chi connectivity index (χ3v) is 4.72. The van der Waals surface area contributed by atoms with Gasteiger partial charge in [-0.25, -0.2) is 0 Å². The molecule has 5 N–H and O–H groups in total. The Morgan fingerprint density at radius 2 is 1.70 bits per heavy atom. The van der Waals surface area contributed by atoms with Gasteiger partial charge >= 0.3 is 7.60 Å². The summed E-state index contributed by atoms with van der Waals surface area (Å²) < 4.78 is 11.5. The molecule has 23 heavy (non-hydrogen) atoms. The van der Waals surface area contributed by atoms with E-state index >= 15 is 0 Å². The number of phenols is 2. The first-order chi connectivity index (χ1) is 10.7. The molecule has 0 bridgehead atoms. The fraction of sp³-hybridized carbons (Fsp3) is 0.250. The summed E-state index contributed by atoms with van der Waals surface area (Å²) in [4.78, 5) is 18.8. The standard InChI is InChI=1S/C16H19O6P/c1-10(11-3-2-4-12(17)8-11)7-15(19)14-6-5-13(18)9-16(14)23(20,21)22/h2-6,8-10,15,17-19H,7H2,1H3,(H2,20,21,22). The number of phenolic OH excluding ortho intramolecular Hbond substituents is 2. The van der Waals surface area contributed by atoms with Crippen LogP contribution in [-0.4, -0.2) is 25.1 Å². The van der Waals surface area contributed by atoms with Gasteiger partial charge in [-0.2, -0.15) is 0 Å². The summed E-state index contributed by atoms with van der Waals surface area (Å²) in [6, 6.07) is 10.2. The van der Waals surface area contributed by atoms with Crippen LogP contribution in [0, 0.1) is 0 Å². The third-order valence-electron chi connectivity index (χ3n) is 3.70. The Morgan fingerprint density at radius 1 is 1.04 bits per heavy atom. The van der Waals surface area contributed by atoms with Crippen molar-refractivity contribution in [3.05, 3.63) is 53.6 Å². The highest BCUT2D eigenvalue weighted by molar-refractivity contribution is 7.60. The van der Waals surface area contributed by atoms with Crippen LogP contribution in [0.4, 0.5) is 0 Å². The molecule has 0 heterocycles. The van der Waals surface area contributed by atoms with Gasteiger partial charge in [-0.05, 0) is 47.7 Å². The van der Waals surface area contributed by atoms with Crippen molar-refractivity contribution in [3.8, 4) is 11.5 Å². The number of hydrogen-bond donors (Lipinski definition) is 5. The fourth-order valence-electron chi connectivity index (χ4n) is 2.50. The Labute approximate surface area is 133 Å². The third kappa shape index (κ3) is 4.33. The SMILES string of the molecule is CC(CC(O)c1ccc(O)cc1P(=O)(O)O)c1cccc(O)c1. The Morgan fingerprint density at radius 3 is 2.30 bits per heavy atom. The molecular formula is C16H19O6P. The number of hydrogen-bond acceptors (Lipinski definition) is 4. The largest absolute Gasteiger partial charge is 0.508 e. The highest BCUT2D eigenvalue weighted by Gasteiger charge is 2.26. The first-order valence-electron chi connectivity index (χ1n) is 7.04. The molecule has 0 fully saturated rings. The molecular weight excluding hydrogens is 319 g/mol. The van der Waals surface area contributed by atoms with Crippen molar-refractivity contribution in [2.24, 2.45) is 0 Å². The summed E-state index contributed by atoms with van der Waals surface area (Å²) in [5.74, 6) is -0.305. The highest BCUT2D eigenvalue weighted by Crippen LogP contribution is 2.39. The zero-order valence-corrected chi connectivity index (χ0v) is 13.4. The van der Waals surface area contributed by atoms with Crippen molar-refractivity contribution in [2.45, 2.75) is 25.4 Å². The van der Waals surface area contributed by atoms with Crippen LogP contribution in [0.5, 0.6) is 11.5 Å². The second-order valence-electron chi connectivity index (χ2n) is 5.53. The Kier molecular flexibility index (Phi) is 5.12. The fourth-order valence-corrected chi connectivity index (χ4v) is 3.36. The average molecular weight is 338 g/mol. The van der Waals surface area contributed by atoms with Gasteiger partial charge in [0.15, 0.2) is 0 Å². The maximum Gasteiger partial charge on any atom is 0.356 e. The second kappa shape index (κ2) is 6.72. The maximum absolute atomic E-state index is 11.5. The van der Waals surface area contributed by atoms with Gasteiger partial charge in [0, 0.05) is 0 Å². The van der Waals surface area contributed by atoms with E-state index < -0.39 is 13.7 Å². The summed E-state index contributed by atoms with van der Waals surface area (Å²) in [6.07, 6.45) is -0.906. The summed E-state index contributed by atoms with van der Waals surface area (Å²) >= 11 is 0. The Bertz CT molecular complexity index is 739. The molecule has 0 aliphatic heterocycles. The molecule has 0 saturated heterocycles. The van der Waals surface area contributed by atoms with E-state index in [1.165, 1.54) is 12.1 Å².